The van der Waals surface area contributed by atoms with E-state index in [1.807, 2.05) is 36.0 Å². The van der Waals surface area contributed by atoms with E-state index >= 15 is 0 Å². The summed E-state index contributed by atoms with van der Waals surface area (Å²) in [4.78, 5) is 14.0. The van der Waals surface area contributed by atoms with E-state index in [1.165, 1.54) is 10.5 Å². The van der Waals surface area contributed by atoms with Gasteiger partial charge in [0.25, 0.3) is 0 Å². The van der Waals surface area contributed by atoms with Gasteiger partial charge in [-0.2, -0.15) is 0 Å². The van der Waals surface area contributed by atoms with Crippen LogP contribution in [0.4, 0.5) is 0 Å². The molecule has 0 saturated carbocycles. The molecule has 0 aromatic heterocycles. The van der Waals surface area contributed by atoms with Crippen LogP contribution in [0.25, 0.3) is 5.57 Å². The van der Waals surface area contributed by atoms with Crippen molar-refractivity contribution in [2.45, 2.75) is 44.4 Å². The number of benzene rings is 2. The summed E-state index contributed by atoms with van der Waals surface area (Å²) in [6.07, 6.45) is 2.94. The normalized spacial score (nSPS) is 17.6. The van der Waals surface area contributed by atoms with Crippen molar-refractivity contribution >= 4 is 23.1 Å². The molecule has 2 aromatic carbocycles. The molecule has 0 saturated heterocycles. The Morgan fingerprint density at radius 3 is 2.50 bits per heavy atom. The topological polar surface area (TPSA) is 37.3 Å². The van der Waals surface area contributed by atoms with Crippen LogP contribution in [0.2, 0.25) is 0 Å². The van der Waals surface area contributed by atoms with Crippen LogP contribution in [-0.4, -0.2) is 16.6 Å². The van der Waals surface area contributed by atoms with Crippen LogP contribution in [0.5, 0.6) is 0 Å². The van der Waals surface area contributed by atoms with E-state index in [9.17, 15) is 9.90 Å². The van der Waals surface area contributed by atoms with Gasteiger partial charge in [0.2, 0.25) is 0 Å². The summed E-state index contributed by atoms with van der Waals surface area (Å²) in [7, 11) is 0. The first kappa shape index (κ1) is 18.8. The molecule has 0 bridgehead atoms. The first-order chi connectivity index (χ1) is 12.6. The van der Waals surface area contributed by atoms with Crippen molar-refractivity contribution in [3.63, 3.8) is 0 Å². The number of aliphatic hydroxyl groups excluding tert-OH is 1. The number of carbonyl (C=O) groups excluding carboxylic acids is 1. The fraction of sp³-hybridized carbons (Fsp3) is 0.348. The number of aliphatic hydroxyl groups is 1. The monoisotopic (exact) mass is 366 g/mol. The number of carbonyl (C=O) groups is 1. The standard InChI is InChI=1S/C23H26O2S/c1-3-18-6-4-5-7-20(18)23-21(24)14-17(15-22(23)25)12-13-26-19-10-8-16(2)9-11-19/h4-11,17,24H,3,12-15H2,1-2H3. The first-order valence-corrected chi connectivity index (χ1v) is 10.3. The summed E-state index contributed by atoms with van der Waals surface area (Å²) >= 11 is 1.82. The van der Waals surface area contributed by atoms with E-state index < -0.39 is 0 Å². The quantitative estimate of drug-likeness (QED) is 0.638. The number of rotatable bonds is 6. The van der Waals surface area contributed by atoms with Crippen molar-refractivity contribution in [2.24, 2.45) is 5.92 Å². The fourth-order valence-corrected chi connectivity index (χ4v) is 4.55. The second-order valence-corrected chi connectivity index (χ2v) is 8.15. The molecule has 26 heavy (non-hydrogen) atoms. The molecule has 1 aliphatic carbocycles. The van der Waals surface area contributed by atoms with Gasteiger partial charge in [0.15, 0.2) is 5.78 Å². The Morgan fingerprint density at radius 1 is 1.08 bits per heavy atom. The van der Waals surface area contributed by atoms with Gasteiger partial charge >= 0.3 is 0 Å². The molecule has 0 radical (unpaired) electrons. The highest BCUT2D eigenvalue weighted by Gasteiger charge is 2.29. The van der Waals surface area contributed by atoms with Gasteiger partial charge in [-0.1, -0.05) is 48.9 Å². The minimum absolute atomic E-state index is 0.0833. The number of allylic oxidation sites excluding steroid dienone is 2. The Bertz CT molecular complexity index is 805. The minimum Gasteiger partial charge on any atom is -0.512 e. The van der Waals surface area contributed by atoms with Crippen molar-refractivity contribution in [3.8, 4) is 0 Å². The molecule has 1 atom stereocenters. The highest BCUT2D eigenvalue weighted by atomic mass is 32.2. The van der Waals surface area contributed by atoms with Crippen molar-refractivity contribution in [2.75, 3.05) is 5.75 Å². The first-order valence-electron chi connectivity index (χ1n) is 9.31. The zero-order chi connectivity index (χ0) is 18.5. The zero-order valence-electron chi connectivity index (χ0n) is 15.5. The van der Waals surface area contributed by atoms with Crippen LogP contribution < -0.4 is 0 Å². The molecule has 1 unspecified atom stereocenters. The van der Waals surface area contributed by atoms with Gasteiger partial charge in [0, 0.05) is 17.7 Å². The molecule has 0 amide bonds. The maximum Gasteiger partial charge on any atom is 0.167 e. The lowest BCUT2D eigenvalue weighted by molar-refractivity contribution is -0.115. The van der Waals surface area contributed by atoms with Gasteiger partial charge < -0.3 is 5.11 Å². The molecule has 2 nitrogen and oxygen atoms in total. The highest BCUT2D eigenvalue weighted by Crippen LogP contribution is 2.35. The van der Waals surface area contributed by atoms with E-state index in [2.05, 4.69) is 38.1 Å². The molecule has 0 aliphatic heterocycles. The fourth-order valence-electron chi connectivity index (χ4n) is 3.53. The van der Waals surface area contributed by atoms with Gasteiger partial charge in [-0.05, 0) is 54.7 Å². The molecule has 0 heterocycles. The largest absolute Gasteiger partial charge is 0.512 e. The van der Waals surface area contributed by atoms with Gasteiger partial charge in [-0.15, -0.1) is 11.8 Å². The predicted molar refractivity (Wildman–Crippen MR) is 110 cm³/mol. The van der Waals surface area contributed by atoms with Crippen LogP contribution in [0.1, 0.15) is 42.9 Å². The van der Waals surface area contributed by atoms with Gasteiger partial charge in [-0.3, -0.25) is 4.79 Å². The van der Waals surface area contributed by atoms with Gasteiger partial charge in [0.05, 0.1) is 5.57 Å². The summed E-state index contributed by atoms with van der Waals surface area (Å²) < 4.78 is 0. The summed E-state index contributed by atoms with van der Waals surface area (Å²) in [5.41, 5.74) is 3.84. The van der Waals surface area contributed by atoms with Crippen LogP contribution in [-0.2, 0) is 11.2 Å². The summed E-state index contributed by atoms with van der Waals surface area (Å²) in [5.74, 6) is 1.56. The third kappa shape index (κ3) is 4.39. The smallest absolute Gasteiger partial charge is 0.167 e. The lowest BCUT2D eigenvalue weighted by Crippen LogP contribution is -2.20. The van der Waals surface area contributed by atoms with E-state index in [1.54, 1.807) is 0 Å². The van der Waals surface area contributed by atoms with Crippen molar-refractivity contribution in [1.82, 2.24) is 0 Å². The van der Waals surface area contributed by atoms with Crippen LogP contribution in [0.15, 0.2) is 59.2 Å². The number of ketones is 1. The van der Waals surface area contributed by atoms with Gasteiger partial charge in [0.1, 0.15) is 5.76 Å². The zero-order valence-corrected chi connectivity index (χ0v) is 16.3. The molecule has 136 valence electrons. The van der Waals surface area contributed by atoms with E-state index in [0.29, 0.717) is 18.4 Å². The minimum atomic E-state index is 0.0833. The molecule has 0 spiro atoms. The second-order valence-electron chi connectivity index (χ2n) is 6.98. The number of aryl methyl sites for hydroxylation is 2. The number of hydrogen-bond acceptors (Lipinski definition) is 3. The Kier molecular flexibility index (Phi) is 6.20. The molecule has 1 aliphatic rings. The van der Waals surface area contributed by atoms with E-state index in [0.717, 1.165) is 29.7 Å². The molecule has 0 fully saturated rings. The molecule has 1 N–H and O–H groups in total. The lowest BCUT2D eigenvalue weighted by atomic mass is 9.81. The molecule has 2 aromatic rings. The Labute approximate surface area is 160 Å². The number of hydrogen-bond donors (Lipinski definition) is 1. The van der Waals surface area contributed by atoms with Crippen LogP contribution in [0, 0.1) is 12.8 Å². The maximum absolute atomic E-state index is 12.7. The summed E-state index contributed by atoms with van der Waals surface area (Å²) in [5, 5.41) is 10.6. The summed E-state index contributed by atoms with van der Waals surface area (Å²) in [6.45, 7) is 4.17. The van der Waals surface area contributed by atoms with Crippen molar-refractivity contribution in [1.29, 1.82) is 0 Å². The molecule has 3 heteroatoms. The predicted octanol–water partition coefficient (Wildman–Crippen LogP) is 5.99. The van der Waals surface area contributed by atoms with Crippen molar-refractivity contribution < 1.29 is 9.90 Å². The number of Topliss-reactive ketones (excluding diaryl/α,β-unsaturated/α-hetero) is 1. The Balaban J connectivity index is 1.65. The third-order valence-electron chi connectivity index (χ3n) is 5.01. The highest BCUT2D eigenvalue weighted by molar-refractivity contribution is 7.99. The SMILES string of the molecule is CCc1ccccc1C1=C(O)CC(CCSc2ccc(C)cc2)CC1=O. The Morgan fingerprint density at radius 2 is 1.81 bits per heavy atom. The molecular formula is C23H26O2S. The molecule has 3 rings (SSSR count). The van der Waals surface area contributed by atoms with E-state index in [4.69, 9.17) is 0 Å². The van der Waals surface area contributed by atoms with Gasteiger partial charge in [-0.25, -0.2) is 0 Å². The van der Waals surface area contributed by atoms with Crippen LogP contribution in [0.3, 0.4) is 0 Å². The number of thioether (sulfide) groups is 1. The molecular weight excluding hydrogens is 340 g/mol. The second kappa shape index (κ2) is 8.59. The average Bonchev–Trinajstić information content (AvgIpc) is 2.63. The lowest BCUT2D eigenvalue weighted by Gasteiger charge is -2.24. The van der Waals surface area contributed by atoms with E-state index in [-0.39, 0.29) is 17.5 Å². The Hall–Kier alpha value is -2.00. The third-order valence-corrected chi connectivity index (χ3v) is 6.05. The van der Waals surface area contributed by atoms with Crippen molar-refractivity contribution in [3.05, 3.63) is 71.0 Å². The summed E-state index contributed by atoms with van der Waals surface area (Å²) in [6, 6.07) is 16.4. The average molecular weight is 367 g/mol. The van der Waals surface area contributed by atoms with Crippen LogP contribution >= 0.6 is 11.8 Å². The maximum atomic E-state index is 12.7.